The Labute approximate surface area is 150 Å². The molecule has 1 aromatic heterocycles. The van der Waals surface area contributed by atoms with Crippen molar-refractivity contribution < 1.29 is 19.0 Å². The number of nitrogens with two attached hydrogens (primary N) is 1. The van der Waals surface area contributed by atoms with Gasteiger partial charge in [0.1, 0.15) is 11.8 Å². The number of nitrogens with zero attached hydrogens (tertiary/aromatic N) is 2. The lowest BCUT2D eigenvalue weighted by molar-refractivity contribution is -0.145. The second kappa shape index (κ2) is 7.53. The molecule has 2 aromatic rings. The van der Waals surface area contributed by atoms with Crippen molar-refractivity contribution in [3.63, 3.8) is 0 Å². The van der Waals surface area contributed by atoms with Gasteiger partial charge in [-0.15, -0.1) is 0 Å². The fraction of sp³-hybridized carbons (Fsp3) is 0.444. The van der Waals surface area contributed by atoms with Crippen molar-refractivity contribution in [2.45, 2.75) is 44.3 Å². The largest absolute Gasteiger partial charge is 0.393 e. The molecule has 8 heteroatoms. The van der Waals surface area contributed by atoms with Crippen molar-refractivity contribution in [2.75, 3.05) is 12.3 Å². The molecular weight excluding hydrogens is 341 g/mol. The molecule has 2 heterocycles. The van der Waals surface area contributed by atoms with Crippen LogP contribution in [0.2, 0.25) is 0 Å². The van der Waals surface area contributed by atoms with E-state index in [2.05, 4.69) is 4.98 Å². The Morgan fingerprint density at radius 2 is 2.19 bits per heavy atom. The van der Waals surface area contributed by atoms with Gasteiger partial charge in [0.2, 0.25) is 0 Å². The minimum absolute atomic E-state index is 0.279. The predicted molar refractivity (Wildman–Crippen MR) is 92.7 cm³/mol. The van der Waals surface area contributed by atoms with E-state index in [0.717, 1.165) is 16.3 Å². The number of aliphatic hydroxyl groups is 1. The second-order valence-electron chi connectivity index (χ2n) is 6.33. The lowest BCUT2D eigenvalue weighted by Crippen LogP contribution is -2.44. The minimum atomic E-state index is -0.975. The average Bonchev–Trinajstić information content (AvgIpc) is 3.03. The fourth-order valence-corrected chi connectivity index (χ4v) is 3.18. The third-order valence-corrected chi connectivity index (χ3v) is 4.78. The Balaban J connectivity index is 1.83. The molecule has 3 rings (SSSR count). The molecule has 0 spiro atoms. The van der Waals surface area contributed by atoms with Gasteiger partial charge < -0.3 is 20.3 Å². The molecule has 0 amide bonds. The first-order chi connectivity index (χ1) is 12.5. The molecule has 0 bridgehead atoms. The summed E-state index contributed by atoms with van der Waals surface area (Å²) in [5.74, 6) is -1.25. The van der Waals surface area contributed by atoms with Crippen molar-refractivity contribution in [3.8, 4) is 0 Å². The van der Waals surface area contributed by atoms with E-state index in [1.807, 2.05) is 37.3 Å². The third-order valence-electron chi connectivity index (χ3n) is 4.78. The molecule has 0 unspecified atom stereocenters. The van der Waals surface area contributed by atoms with Gasteiger partial charge in [0.15, 0.2) is 11.6 Å². The molecular formula is C18H22FN3O4. The van der Waals surface area contributed by atoms with Crippen molar-refractivity contribution in [1.82, 2.24) is 9.55 Å². The van der Waals surface area contributed by atoms with E-state index in [0.29, 0.717) is 13.0 Å². The fourth-order valence-electron chi connectivity index (χ4n) is 3.18. The van der Waals surface area contributed by atoms with Gasteiger partial charge in [0.05, 0.1) is 25.5 Å². The van der Waals surface area contributed by atoms with Crippen LogP contribution in [0.5, 0.6) is 0 Å². The van der Waals surface area contributed by atoms with Gasteiger partial charge >= 0.3 is 5.69 Å². The Hall–Kier alpha value is -2.29. The van der Waals surface area contributed by atoms with E-state index >= 15 is 0 Å². The molecule has 26 heavy (non-hydrogen) atoms. The van der Waals surface area contributed by atoms with E-state index in [1.165, 1.54) is 0 Å². The molecule has 0 radical (unpaired) electrons. The highest BCUT2D eigenvalue weighted by Crippen LogP contribution is 2.40. The van der Waals surface area contributed by atoms with E-state index in [1.54, 1.807) is 0 Å². The summed E-state index contributed by atoms with van der Waals surface area (Å²) in [6.45, 7) is 1.92. The lowest BCUT2D eigenvalue weighted by atomic mass is 9.94. The SMILES string of the molecule is CC[C@]1(CO)O[C@@H](n2cc(F)c(N)nc2=O)C[C@@H]1OCc1ccccc1. The summed E-state index contributed by atoms with van der Waals surface area (Å²) in [6, 6.07) is 9.60. The summed E-state index contributed by atoms with van der Waals surface area (Å²) in [4.78, 5) is 15.5. The highest BCUT2D eigenvalue weighted by atomic mass is 19.1. The molecule has 3 atom stereocenters. The second-order valence-corrected chi connectivity index (χ2v) is 6.33. The molecule has 140 valence electrons. The van der Waals surface area contributed by atoms with E-state index in [9.17, 15) is 14.3 Å². The zero-order chi connectivity index (χ0) is 18.7. The molecule has 7 nitrogen and oxygen atoms in total. The number of hydrogen-bond donors (Lipinski definition) is 2. The first kappa shape index (κ1) is 18.5. The zero-order valence-corrected chi connectivity index (χ0v) is 14.5. The number of ether oxygens (including phenoxy) is 2. The van der Waals surface area contributed by atoms with Crippen LogP contribution in [0, 0.1) is 5.82 Å². The summed E-state index contributed by atoms with van der Waals surface area (Å²) in [5, 5.41) is 9.91. The van der Waals surface area contributed by atoms with Crippen molar-refractivity contribution in [2.24, 2.45) is 0 Å². The number of halogens is 1. The smallest absolute Gasteiger partial charge is 0.351 e. The average molecular weight is 363 g/mol. The Kier molecular flexibility index (Phi) is 5.36. The minimum Gasteiger partial charge on any atom is -0.393 e. The van der Waals surface area contributed by atoms with Crippen LogP contribution in [0.4, 0.5) is 10.2 Å². The maximum absolute atomic E-state index is 13.8. The van der Waals surface area contributed by atoms with Crippen LogP contribution in [-0.2, 0) is 16.1 Å². The first-order valence-electron chi connectivity index (χ1n) is 8.47. The summed E-state index contributed by atoms with van der Waals surface area (Å²) in [5.41, 5.74) is 4.63. The van der Waals surface area contributed by atoms with Crippen molar-refractivity contribution in [3.05, 3.63) is 58.4 Å². The Bertz CT molecular complexity index is 808. The summed E-state index contributed by atoms with van der Waals surface area (Å²) in [6.07, 6.45) is 0.478. The van der Waals surface area contributed by atoms with Gasteiger partial charge in [-0.1, -0.05) is 37.3 Å². The van der Waals surface area contributed by atoms with Crippen LogP contribution in [0.1, 0.15) is 31.6 Å². The molecule has 1 aliphatic heterocycles. The maximum Gasteiger partial charge on any atom is 0.351 e. The maximum atomic E-state index is 13.8. The molecule has 1 fully saturated rings. The van der Waals surface area contributed by atoms with E-state index in [4.69, 9.17) is 15.2 Å². The van der Waals surface area contributed by atoms with Gasteiger partial charge in [0.25, 0.3) is 0 Å². The van der Waals surface area contributed by atoms with Gasteiger partial charge in [-0.05, 0) is 12.0 Å². The molecule has 1 saturated heterocycles. The van der Waals surface area contributed by atoms with Crippen LogP contribution in [0.3, 0.4) is 0 Å². The highest BCUT2D eigenvalue weighted by Gasteiger charge is 2.49. The molecule has 3 N–H and O–H groups in total. The van der Waals surface area contributed by atoms with Gasteiger partial charge in [-0.25, -0.2) is 9.18 Å². The first-order valence-corrected chi connectivity index (χ1v) is 8.47. The number of aromatic nitrogens is 2. The highest BCUT2D eigenvalue weighted by molar-refractivity contribution is 5.26. The van der Waals surface area contributed by atoms with Crippen molar-refractivity contribution in [1.29, 1.82) is 0 Å². The number of benzene rings is 1. The van der Waals surface area contributed by atoms with Crippen LogP contribution in [-0.4, -0.2) is 33.0 Å². The van der Waals surface area contributed by atoms with E-state index < -0.39 is 35.3 Å². The number of nitrogen functional groups attached to an aromatic ring is 1. The van der Waals surface area contributed by atoms with E-state index in [-0.39, 0.29) is 13.0 Å². The number of aliphatic hydroxyl groups excluding tert-OH is 1. The summed E-state index contributed by atoms with van der Waals surface area (Å²) >= 11 is 0. The number of anilines is 1. The third kappa shape index (κ3) is 3.48. The summed E-state index contributed by atoms with van der Waals surface area (Å²) in [7, 11) is 0. The summed E-state index contributed by atoms with van der Waals surface area (Å²) < 4.78 is 26.7. The normalized spacial score (nSPS) is 25.5. The standard InChI is InChI=1S/C18H22FN3O4/c1-2-18(11-23)14(25-10-12-6-4-3-5-7-12)8-15(26-18)22-9-13(19)16(20)21-17(22)24/h3-7,9,14-15,23H,2,8,10-11H2,1H3,(H2,20,21,24)/t14-,15+,18+/m0/s1. The van der Waals surface area contributed by atoms with Crippen LogP contribution in [0.15, 0.2) is 41.3 Å². The molecule has 0 aliphatic carbocycles. The van der Waals surface area contributed by atoms with Crippen molar-refractivity contribution >= 4 is 5.82 Å². The quantitative estimate of drug-likeness (QED) is 0.809. The topological polar surface area (TPSA) is 99.6 Å². The van der Waals surface area contributed by atoms with Crippen LogP contribution in [0.25, 0.3) is 0 Å². The molecule has 0 saturated carbocycles. The lowest BCUT2D eigenvalue weighted by Gasteiger charge is -2.31. The van der Waals surface area contributed by atoms with Gasteiger partial charge in [0, 0.05) is 6.42 Å². The van der Waals surface area contributed by atoms with Gasteiger partial charge in [-0.2, -0.15) is 4.98 Å². The predicted octanol–water partition coefficient (Wildman–Crippen LogP) is 1.61. The number of rotatable bonds is 6. The van der Waals surface area contributed by atoms with Gasteiger partial charge in [-0.3, -0.25) is 4.57 Å². The number of hydrogen-bond acceptors (Lipinski definition) is 6. The van der Waals surface area contributed by atoms with Crippen LogP contribution >= 0.6 is 0 Å². The molecule has 1 aliphatic rings. The Morgan fingerprint density at radius 1 is 1.46 bits per heavy atom. The molecule has 1 aromatic carbocycles. The van der Waals surface area contributed by atoms with Crippen LogP contribution < -0.4 is 11.4 Å². The Morgan fingerprint density at radius 3 is 2.85 bits per heavy atom. The zero-order valence-electron chi connectivity index (χ0n) is 14.5. The monoisotopic (exact) mass is 363 g/mol.